The largest absolute Gasteiger partial charge is 0.350 e. The Kier molecular flexibility index (Phi) is 4.88. The SMILES string of the molecule is Cc1cc(C)n(C(C)CNC(=O)c2ccc(-c3ncccn3)cc2)n1. The van der Waals surface area contributed by atoms with Gasteiger partial charge in [-0.2, -0.15) is 5.10 Å². The highest BCUT2D eigenvalue weighted by molar-refractivity contribution is 5.94. The molecule has 0 fully saturated rings. The summed E-state index contributed by atoms with van der Waals surface area (Å²) in [5, 5.41) is 7.42. The molecule has 0 aliphatic rings. The van der Waals surface area contributed by atoms with E-state index < -0.39 is 0 Å². The van der Waals surface area contributed by atoms with E-state index >= 15 is 0 Å². The lowest BCUT2D eigenvalue weighted by Crippen LogP contribution is -2.30. The molecule has 6 nitrogen and oxygen atoms in total. The van der Waals surface area contributed by atoms with Crippen LogP contribution in [0, 0.1) is 13.8 Å². The molecule has 2 aromatic heterocycles. The molecule has 1 N–H and O–H groups in total. The average molecular weight is 335 g/mol. The number of carbonyl (C=O) groups excluding carboxylic acids is 1. The molecule has 0 bridgehead atoms. The highest BCUT2D eigenvalue weighted by Crippen LogP contribution is 2.15. The van der Waals surface area contributed by atoms with Crippen molar-refractivity contribution in [1.82, 2.24) is 25.1 Å². The highest BCUT2D eigenvalue weighted by Gasteiger charge is 2.12. The number of rotatable bonds is 5. The minimum absolute atomic E-state index is 0.0923. The van der Waals surface area contributed by atoms with Crippen LogP contribution in [0.25, 0.3) is 11.4 Å². The Morgan fingerprint density at radius 2 is 1.84 bits per heavy atom. The Bertz CT molecular complexity index is 855. The topological polar surface area (TPSA) is 72.7 Å². The average Bonchev–Trinajstić information content (AvgIpc) is 2.98. The molecule has 6 heteroatoms. The summed E-state index contributed by atoms with van der Waals surface area (Å²) in [6.07, 6.45) is 3.40. The molecule has 1 unspecified atom stereocenters. The number of hydrogen-bond acceptors (Lipinski definition) is 4. The van der Waals surface area contributed by atoms with Crippen molar-refractivity contribution in [1.29, 1.82) is 0 Å². The fourth-order valence-corrected chi connectivity index (χ4v) is 2.74. The predicted molar refractivity (Wildman–Crippen MR) is 96.2 cm³/mol. The summed E-state index contributed by atoms with van der Waals surface area (Å²) >= 11 is 0. The van der Waals surface area contributed by atoms with Crippen LogP contribution in [0.4, 0.5) is 0 Å². The fourth-order valence-electron chi connectivity index (χ4n) is 2.74. The van der Waals surface area contributed by atoms with Gasteiger partial charge in [-0.05, 0) is 45.0 Å². The molecule has 0 spiro atoms. The molecular weight excluding hydrogens is 314 g/mol. The van der Waals surface area contributed by atoms with Crippen molar-refractivity contribution < 1.29 is 4.79 Å². The molecular formula is C19H21N5O. The normalized spacial score (nSPS) is 12.0. The smallest absolute Gasteiger partial charge is 0.251 e. The van der Waals surface area contributed by atoms with E-state index in [1.165, 1.54) is 0 Å². The molecule has 0 saturated heterocycles. The first-order valence-corrected chi connectivity index (χ1v) is 8.23. The Morgan fingerprint density at radius 3 is 2.44 bits per heavy atom. The van der Waals surface area contributed by atoms with E-state index in [2.05, 4.69) is 20.4 Å². The van der Waals surface area contributed by atoms with E-state index in [4.69, 9.17) is 0 Å². The van der Waals surface area contributed by atoms with E-state index in [9.17, 15) is 4.79 Å². The van der Waals surface area contributed by atoms with Gasteiger partial charge in [0.25, 0.3) is 5.91 Å². The van der Waals surface area contributed by atoms with E-state index in [0.29, 0.717) is 17.9 Å². The van der Waals surface area contributed by atoms with Crippen molar-refractivity contribution in [2.24, 2.45) is 0 Å². The maximum Gasteiger partial charge on any atom is 0.251 e. The van der Waals surface area contributed by atoms with Crippen molar-refractivity contribution in [3.8, 4) is 11.4 Å². The van der Waals surface area contributed by atoms with Gasteiger partial charge in [-0.3, -0.25) is 9.48 Å². The molecule has 2 heterocycles. The lowest BCUT2D eigenvalue weighted by molar-refractivity contribution is 0.0947. The van der Waals surface area contributed by atoms with Crippen LogP contribution < -0.4 is 5.32 Å². The van der Waals surface area contributed by atoms with Crippen LogP contribution in [-0.2, 0) is 0 Å². The summed E-state index contributed by atoms with van der Waals surface area (Å²) in [5.41, 5.74) is 3.56. The first-order valence-electron chi connectivity index (χ1n) is 8.23. The molecule has 0 aliphatic carbocycles. The summed E-state index contributed by atoms with van der Waals surface area (Å²) in [7, 11) is 0. The molecule has 1 amide bonds. The zero-order valence-electron chi connectivity index (χ0n) is 14.6. The van der Waals surface area contributed by atoms with Crippen LogP contribution in [0.2, 0.25) is 0 Å². The van der Waals surface area contributed by atoms with Crippen LogP contribution in [0.3, 0.4) is 0 Å². The van der Waals surface area contributed by atoms with Crippen LogP contribution >= 0.6 is 0 Å². The summed E-state index contributed by atoms with van der Waals surface area (Å²) < 4.78 is 1.94. The second-order valence-electron chi connectivity index (χ2n) is 6.08. The summed E-state index contributed by atoms with van der Waals surface area (Å²) in [4.78, 5) is 20.8. The number of nitrogens with zero attached hydrogens (tertiary/aromatic N) is 4. The van der Waals surface area contributed by atoms with Gasteiger partial charge in [0.1, 0.15) is 0 Å². The number of benzene rings is 1. The first kappa shape index (κ1) is 16.8. The van der Waals surface area contributed by atoms with Crippen molar-refractivity contribution in [2.75, 3.05) is 6.54 Å². The zero-order chi connectivity index (χ0) is 17.8. The van der Waals surface area contributed by atoms with Gasteiger partial charge in [-0.25, -0.2) is 9.97 Å². The minimum atomic E-state index is -0.103. The second-order valence-corrected chi connectivity index (χ2v) is 6.08. The van der Waals surface area contributed by atoms with Gasteiger partial charge in [0.05, 0.1) is 11.7 Å². The van der Waals surface area contributed by atoms with Gasteiger partial charge in [-0.15, -0.1) is 0 Å². The van der Waals surface area contributed by atoms with Gasteiger partial charge >= 0.3 is 0 Å². The van der Waals surface area contributed by atoms with Crippen molar-refractivity contribution in [3.05, 3.63) is 65.7 Å². The summed E-state index contributed by atoms with van der Waals surface area (Å²) in [6.45, 7) is 6.54. The van der Waals surface area contributed by atoms with Gasteiger partial charge in [0, 0.05) is 35.8 Å². The van der Waals surface area contributed by atoms with E-state index in [1.807, 2.05) is 43.7 Å². The zero-order valence-corrected chi connectivity index (χ0v) is 14.6. The lowest BCUT2D eigenvalue weighted by atomic mass is 10.1. The molecule has 3 aromatic rings. The maximum atomic E-state index is 12.3. The minimum Gasteiger partial charge on any atom is -0.350 e. The molecule has 0 saturated carbocycles. The number of carbonyl (C=O) groups is 1. The fraction of sp³-hybridized carbons (Fsp3) is 0.263. The maximum absolute atomic E-state index is 12.3. The Balaban J connectivity index is 1.62. The number of aryl methyl sites for hydroxylation is 2. The van der Waals surface area contributed by atoms with Crippen molar-refractivity contribution in [3.63, 3.8) is 0 Å². The third-order valence-corrected chi connectivity index (χ3v) is 3.99. The quantitative estimate of drug-likeness (QED) is 0.778. The van der Waals surface area contributed by atoms with E-state index in [-0.39, 0.29) is 11.9 Å². The van der Waals surface area contributed by atoms with Gasteiger partial charge in [0.15, 0.2) is 5.82 Å². The van der Waals surface area contributed by atoms with Crippen LogP contribution in [0.1, 0.15) is 34.7 Å². The molecule has 0 radical (unpaired) electrons. The number of amides is 1. The third kappa shape index (κ3) is 3.91. The highest BCUT2D eigenvalue weighted by atomic mass is 16.1. The molecule has 1 atom stereocenters. The molecule has 128 valence electrons. The summed E-state index contributed by atoms with van der Waals surface area (Å²) in [6, 6.07) is 11.2. The van der Waals surface area contributed by atoms with Crippen LogP contribution in [0.5, 0.6) is 0 Å². The Hall–Kier alpha value is -3.02. The molecule has 1 aromatic carbocycles. The molecule has 3 rings (SSSR count). The number of hydrogen-bond donors (Lipinski definition) is 1. The standard InChI is InChI=1S/C19H21N5O/c1-13-11-14(2)24(23-13)15(3)12-22-19(25)17-7-5-16(6-8-17)18-20-9-4-10-21-18/h4-11,15H,12H2,1-3H3,(H,22,25). The van der Waals surface area contributed by atoms with Gasteiger partial charge in [0.2, 0.25) is 0 Å². The monoisotopic (exact) mass is 335 g/mol. The molecule has 25 heavy (non-hydrogen) atoms. The van der Waals surface area contributed by atoms with Gasteiger partial charge in [-0.1, -0.05) is 12.1 Å². The Labute approximate surface area is 146 Å². The predicted octanol–water partition coefficient (Wildman–Crippen LogP) is 2.95. The number of aromatic nitrogens is 4. The molecule has 0 aliphatic heterocycles. The Morgan fingerprint density at radius 1 is 1.16 bits per heavy atom. The van der Waals surface area contributed by atoms with Crippen molar-refractivity contribution in [2.45, 2.75) is 26.8 Å². The lowest BCUT2D eigenvalue weighted by Gasteiger charge is -2.15. The number of nitrogens with one attached hydrogen (secondary N) is 1. The van der Waals surface area contributed by atoms with E-state index in [0.717, 1.165) is 17.0 Å². The first-order chi connectivity index (χ1) is 12.0. The van der Waals surface area contributed by atoms with Crippen molar-refractivity contribution >= 4 is 5.91 Å². The third-order valence-electron chi connectivity index (χ3n) is 3.99. The van der Waals surface area contributed by atoms with Crippen LogP contribution in [-0.4, -0.2) is 32.2 Å². The van der Waals surface area contributed by atoms with Gasteiger partial charge < -0.3 is 5.32 Å². The van der Waals surface area contributed by atoms with Crippen LogP contribution in [0.15, 0.2) is 48.8 Å². The second kappa shape index (κ2) is 7.25. The summed E-state index contributed by atoms with van der Waals surface area (Å²) in [5.74, 6) is 0.543. The van der Waals surface area contributed by atoms with E-state index in [1.54, 1.807) is 30.6 Å².